The van der Waals surface area contributed by atoms with Gasteiger partial charge in [-0.3, -0.25) is 9.78 Å². The van der Waals surface area contributed by atoms with Crippen LogP contribution in [0.2, 0.25) is 5.02 Å². The number of hydrogen-bond donors (Lipinski definition) is 2. The Morgan fingerprint density at radius 1 is 1.28 bits per heavy atom. The number of anilines is 1. The van der Waals surface area contributed by atoms with Crippen molar-refractivity contribution in [1.82, 2.24) is 9.97 Å². The van der Waals surface area contributed by atoms with Crippen LogP contribution < -0.4 is 11.3 Å². The lowest BCUT2D eigenvalue weighted by Gasteiger charge is -2.16. The minimum Gasteiger partial charge on any atom is -0.369 e. The average Bonchev–Trinajstić information content (AvgIpc) is 2.28. The zero-order chi connectivity index (χ0) is 13.3. The fourth-order valence-electron chi connectivity index (χ4n) is 1.44. The molecule has 0 amide bonds. The lowest BCUT2D eigenvalue weighted by molar-refractivity contribution is 0.0379. The SMILES string of the molecule is Nc1nc(C(F)(F)c2ccc(Cl)cc2)cc(=O)[nH]1. The fourth-order valence-corrected chi connectivity index (χ4v) is 1.57. The van der Waals surface area contributed by atoms with Crippen molar-refractivity contribution in [3.8, 4) is 0 Å². The van der Waals surface area contributed by atoms with Crippen molar-refractivity contribution in [3.63, 3.8) is 0 Å². The Hall–Kier alpha value is -1.95. The normalized spacial score (nSPS) is 11.5. The van der Waals surface area contributed by atoms with Gasteiger partial charge < -0.3 is 5.73 Å². The predicted molar refractivity (Wildman–Crippen MR) is 63.7 cm³/mol. The van der Waals surface area contributed by atoms with E-state index in [-0.39, 0.29) is 11.5 Å². The summed E-state index contributed by atoms with van der Waals surface area (Å²) in [5.41, 5.74) is 3.49. The smallest absolute Gasteiger partial charge is 0.315 e. The summed E-state index contributed by atoms with van der Waals surface area (Å²) in [6.07, 6.45) is 0. The van der Waals surface area contributed by atoms with Gasteiger partial charge in [0.1, 0.15) is 5.69 Å². The summed E-state index contributed by atoms with van der Waals surface area (Å²) in [6, 6.07) is 5.72. The van der Waals surface area contributed by atoms with Gasteiger partial charge in [-0.15, -0.1) is 0 Å². The minimum absolute atomic E-state index is 0.315. The molecular formula is C11H8ClF2N3O. The average molecular weight is 272 g/mol. The van der Waals surface area contributed by atoms with Crippen molar-refractivity contribution in [1.29, 1.82) is 0 Å². The van der Waals surface area contributed by atoms with Gasteiger partial charge in [-0.25, -0.2) is 4.98 Å². The maximum Gasteiger partial charge on any atom is 0.315 e. The Kier molecular flexibility index (Phi) is 3.04. The van der Waals surface area contributed by atoms with Gasteiger partial charge in [0.25, 0.3) is 5.56 Å². The molecule has 1 aromatic carbocycles. The van der Waals surface area contributed by atoms with Crippen molar-refractivity contribution in [2.24, 2.45) is 0 Å². The molecule has 18 heavy (non-hydrogen) atoms. The Morgan fingerprint density at radius 3 is 2.44 bits per heavy atom. The molecule has 1 heterocycles. The molecule has 1 aromatic heterocycles. The van der Waals surface area contributed by atoms with Gasteiger partial charge in [-0.1, -0.05) is 23.7 Å². The largest absolute Gasteiger partial charge is 0.369 e. The molecule has 7 heteroatoms. The van der Waals surface area contributed by atoms with Gasteiger partial charge in [0, 0.05) is 16.7 Å². The Labute approximate surface area is 105 Å². The van der Waals surface area contributed by atoms with E-state index in [4.69, 9.17) is 17.3 Å². The zero-order valence-electron chi connectivity index (χ0n) is 8.95. The van der Waals surface area contributed by atoms with Crippen LogP contribution in [-0.4, -0.2) is 9.97 Å². The molecule has 0 radical (unpaired) electrons. The number of halogens is 3. The number of nitrogens with one attached hydrogen (secondary N) is 1. The number of alkyl halides is 2. The predicted octanol–water partition coefficient (Wildman–Crippen LogP) is 2.15. The first-order chi connectivity index (χ1) is 8.39. The summed E-state index contributed by atoms with van der Waals surface area (Å²) in [5, 5.41) is 0.341. The molecule has 0 saturated carbocycles. The van der Waals surface area contributed by atoms with Crippen molar-refractivity contribution in [3.05, 3.63) is 57.0 Å². The number of nitrogen functional groups attached to an aromatic ring is 1. The number of rotatable bonds is 2. The number of aromatic amines is 1. The summed E-state index contributed by atoms with van der Waals surface area (Å²) >= 11 is 5.62. The topological polar surface area (TPSA) is 71.8 Å². The molecule has 4 nitrogen and oxygen atoms in total. The first-order valence-corrected chi connectivity index (χ1v) is 5.28. The second-order valence-corrected chi connectivity index (χ2v) is 4.03. The molecule has 0 aliphatic rings. The molecule has 0 bridgehead atoms. The third-order valence-corrected chi connectivity index (χ3v) is 2.54. The third kappa shape index (κ3) is 2.33. The number of aromatic nitrogens is 2. The minimum atomic E-state index is -3.41. The maximum absolute atomic E-state index is 14.1. The molecule has 0 atom stereocenters. The Balaban J connectivity index is 2.53. The standard InChI is InChI=1S/C11H8ClF2N3O/c12-7-3-1-6(2-4-7)11(13,14)8-5-9(18)17-10(15)16-8/h1-5H,(H3,15,16,17,18). The summed E-state index contributed by atoms with van der Waals surface area (Å²) in [6.45, 7) is 0. The van der Waals surface area contributed by atoms with Crippen molar-refractivity contribution >= 4 is 17.5 Å². The number of H-pyrrole nitrogens is 1. The molecule has 0 aliphatic carbocycles. The first kappa shape index (κ1) is 12.5. The van der Waals surface area contributed by atoms with Crippen LogP contribution in [0.3, 0.4) is 0 Å². The first-order valence-electron chi connectivity index (χ1n) is 4.91. The van der Waals surface area contributed by atoms with E-state index in [1.54, 1.807) is 0 Å². The van der Waals surface area contributed by atoms with E-state index in [1.807, 2.05) is 0 Å². The Bertz CT molecular complexity index is 625. The van der Waals surface area contributed by atoms with E-state index in [2.05, 4.69) is 9.97 Å². The van der Waals surface area contributed by atoms with E-state index < -0.39 is 17.2 Å². The second-order valence-electron chi connectivity index (χ2n) is 3.60. The lowest BCUT2D eigenvalue weighted by atomic mass is 10.1. The van der Waals surface area contributed by atoms with E-state index in [1.165, 1.54) is 24.3 Å². The van der Waals surface area contributed by atoms with Crippen molar-refractivity contribution in [2.45, 2.75) is 5.92 Å². The quantitative estimate of drug-likeness (QED) is 0.879. The molecule has 2 aromatic rings. The number of nitrogens with two attached hydrogens (primary N) is 1. The fraction of sp³-hybridized carbons (Fsp3) is 0.0909. The van der Waals surface area contributed by atoms with E-state index in [0.717, 1.165) is 0 Å². The highest BCUT2D eigenvalue weighted by atomic mass is 35.5. The lowest BCUT2D eigenvalue weighted by Crippen LogP contribution is -2.22. The molecule has 0 spiro atoms. The van der Waals surface area contributed by atoms with Crippen LogP contribution in [0.15, 0.2) is 35.1 Å². The Morgan fingerprint density at radius 2 is 1.89 bits per heavy atom. The highest BCUT2D eigenvalue weighted by Gasteiger charge is 2.36. The summed E-state index contributed by atoms with van der Waals surface area (Å²) < 4.78 is 28.1. The summed E-state index contributed by atoms with van der Waals surface area (Å²) in [5.74, 6) is -3.77. The molecule has 94 valence electrons. The number of hydrogen-bond acceptors (Lipinski definition) is 3. The molecule has 2 rings (SSSR count). The molecule has 0 unspecified atom stereocenters. The van der Waals surface area contributed by atoms with E-state index in [0.29, 0.717) is 11.1 Å². The van der Waals surface area contributed by atoms with Gasteiger partial charge in [-0.05, 0) is 12.1 Å². The maximum atomic E-state index is 14.1. The number of nitrogens with zero attached hydrogens (tertiary/aromatic N) is 1. The van der Waals surface area contributed by atoms with Crippen LogP contribution in [0.4, 0.5) is 14.7 Å². The van der Waals surface area contributed by atoms with Gasteiger partial charge in [-0.2, -0.15) is 8.78 Å². The van der Waals surface area contributed by atoms with Gasteiger partial charge in [0.2, 0.25) is 5.95 Å². The van der Waals surface area contributed by atoms with Crippen molar-refractivity contribution < 1.29 is 8.78 Å². The molecule has 3 N–H and O–H groups in total. The van der Waals surface area contributed by atoms with Crippen LogP contribution in [0, 0.1) is 0 Å². The number of benzene rings is 1. The molecule has 0 saturated heterocycles. The van der Waals surface area contributed by atoms with Crippen LogP contribution in [0.25, 0.3) is 0 Å². The van der Waals surface area contributed by atoms with Gasteiger partial charge >= 0.3 is 5.92 Å². The monoisotopic (exact) mass is 271 g/mol. The summed E-state index contributed by atoms with van der Waals surface area (Å²) in [7, 11) is 0. The molecule has 0 fully saturated rings. The molecular weight excluding hydrogens is 264 g/mol. The van der Waals surface area contributed by atoms with Gasteiger partial charge in [0.05, 0.1) is 0 Å². The molecule has 0 aliphatic heterocycles. The highest BCUT2D eigenvalue weighted by Crippen LogP contribution is 2.34. The van der Waals surface area contributed by atoms with Crippen LogP contribution in [0.5, 0.6) is 0 Å². The van der Waals surface area contributed by atoms with E-state index >= 15 is 0 Å². The van der Waals surface area contributed by atoms with Crippen molar-refractivity contribution in [2.75, 3.05) is 5.73 Å². The second kappa shape index (κ2) is 4.38. The highest BCUT2D eigenvalue weighted by molar-refractivity contribution is 6.30. The van der Waals surface area contributed by atoms with E-state index in [9.17, 15) is 13.6 Å². The van der Waals surface area contributed by atoms with Crippen LogP contribution in [0.1, 0.15) is 11.3 Å². The summed E-state index contributed by atoms with van der Waals surface area (Å²) in [4.78, 5) is 16.7. The van der Waals surface area contributed by atoms with Crippen LogP contribution >= 0.6 is 11.6 Å². The van der Waals surface area contributed by atoms with Crippen LogP contribution in [-0.2, 0) is 5.92 Å². The van der Waals surface area contributed by atoms with Gasteiger partial charge in [0.15, 0.2) is 0 Å². The zero-order valence-corrected chi connectivity index (χ0v) is 9.71. The third-order valence-electron chi connectivity index (χ3n) is 2.29.